The van der Waals surface area contributed by atoms with E-state index in [0.717, 1.165) is 18.4 Å². The highest BCUT2D eigenvalue weighted by molar-refractivity contribution is 5.82. The van der Waals surface area contributed by atoms with Gasteiger partial charge in [0.25, 0.3) is 5.91 Å². The maximum absolute atomic E-state index is 11.8. The summed E-state index contributed by atoms with van der Waals surface area (Å²) in [6.07, 6.45) is 1.38. The number of hydrogen-bond acceptors (Lipinski definition) is 3. The number of carbonyl (C=O) groups excluding carboxylic acids is 1. The number of phenols is 1. The molecule has 4 nitrogen and oxygen atoms in total. The zero-order valence-electron chi connectivity index (χ0n) is 10.3. The number of ether oxygens (including phenoxy) is 1. The highest BCUT2D eigenvalue weighted by Gasteiger charge is 2.19. The van der Waals surface area contributed by atoms with Crippen molar-refractivity contribution in [2.45, 2.75) is 25.9 Å². The second-order valence-electron chi connectivity index (χ2n) is 3.85. The zero-order chi connectivity index (χ0) is 12.7. The normalized spacial score (nSPS) is 12.1. The Morgan fingerprint density at radius 3 is 2.59 bits per heavy atom. The molecule has 0 saturated carbocycles. The number of amides is 1. The Morgan fingerprint density at radius 1 is 1.41 bits per heavy atom. The summed E-state index contributed by atoms with van der Waals surface area (Å²) in [5.74, 6) is 0.0293. The summed E-state index contributed by atoms with van der Waals surface area (Å²) in [5.41, 5.74) is 0.735. The molecule has 0 radical (unpaired) electrons. The van der Waals surface area contributed by atoms with Gasteiger partial charge in [0.05, 0.1) is 0 Å². The number of benzene rings is 1. The lowest BCUT2D eigenvalue weighted by molar-refractivity contribution is -0.131. The molecule has 0 spiro atoms. The van der Waals surface area contributed by atoms with E-state index in [0.29, 0.717) is 6.54 Å². The molecule has 0 aliphatic carbocycles. The average molecular weight is 237 g/mol. The van der Waals surface area contributed by atoms with E-state index in [1.54, 1.807) is 24.3 Å². The molecule has 1 amide bonds. The van der Waals surface area contributed by atoms with Crippen molar-refractivity contribution in [2.75, 3.05) is 13.7 Å². The molecule has 1 aromatic rings. The summed E-state index contributed by atoms with van der Waals surface area (Å²) in [6, 6.07) is 6.45. The smallest absolute Gasteiger partial charge is 0.253 e. The number of carbonyl (C=O) groups is 1. The molecule has 0 aliphatic rings. The van der Waals surface area contributed by atoms with E-state index in [1.807, 2.05) is 0 Å². The van der Waals surface area contributed by atoms with Crippen molar-refractivity contribution >= 4 is 5.91 Å². The maximum atomic E-state index is 11.8. The van der Waals surface area contributed by atoms with Gasteiger partial charge in [-0.1, -0.05) is 25.5 Å². The van der Waals surface area contributed by atoms with Crippen LogP contribution in [-0.4, -0.2) is 24.7 Å². The van der Waals surface area contributed by atoms with Gasteiger partial charge in [0, 0.05) is 13.7 Å². The molecule has 0 saturated heterocycles. The third kappa shape index (κ3) is 4.07. The molecule has 0 bridgehead atoms. The monoisotopic (exact) mass is 237 g/mol. The lowest BCUT2D eigenvalue weighted by atomic mass is 10.1. The SMILES string of the molecule is CCCCNC(=O)C(OC)c1ccc(O)cc1. The van der Waals surface area contributed by atoms with Crippen molar-refractivity contribution in [3.05, 3.63) is 29.8 Å². The fraction of sp³-hybridized carbons (Fsp3) is 0.462. The number of rotatable bonds is 6. The van der Waals surface area contributed by atoms with Crippen molar-refractivity contribution in [1.29, 1.82) is 0 Å². The minimum Gasteiger partial charge on any atom is -0.508 e. The Labute approximate surface area is 102 Å². The topological polar surface area (TPSA) is 58.6 Å². The molecule has 2 N–H and O–H groups in total. The van der Waals surface area contributed by atoms with Crippen molar-refractivity contribution in [1.82, 2.24) is 5.32 Å². The molecule has 0 aliphatic heterocycles. The molecule has 1 aromatic carbocycles. The lowest BCUT2D eigenvalue weighted by Crippen LogP contribution is -2.31. The second kappa shape index (κ2) is 6.91. The molecule has 0 heterocycles. The van der Waals surface area contributed by atoms with E-state index in [-0.39, 0.29) is 11.7 Å². The number of nitrogens with one attached hydrogen (secondary N) is 1. The van der Waals surface area contributed by atoms with E-state index in [1.165, 1.54) is 7.11 Å². The molecule has 0 aromatic heterocycles. The maximum Gasteiger partial charge on any atom is 0.253 e. The van der Waals surface area contributed by atoms with Crippen molar-refractivity contribution < 1.29 is 14.6 Å². The Morgan fingerprint density at radius 2 is 2.06 bits per heavy atom. The van der Waals surface area contributed by atoms with Crippen LogP contribution in [0.2, 0.25) is 0 Å². The quantitative estimate of drug-likeness (QED) is 0.744. The van der Waals surface area contributed by atoms with Gasteiger partial charge in [0.15, 0.2) is 6.10 Å². The first-order valence-corrected chi connectivity index (χ1v) is 5.78. The van der Waals surface area contributed by atoms with Gasteiger partial charge in [0.2, 0.25) is 0 Å². The number of unbranched alkanes of at least 4 members (excludes halogenated alkanes) is 1. The van der Waals surface area contributed by atoms with E-state index in [4.69, 9.17) is 4.74 Å². The zero-order valence-corrected chi connectivity index (χ0v) is 10.3. The van der Waals surface area contributed by atoms with Crippen molar-refractivity contribution in [3.8, 4) is 5.75 Å². The van der Waals surface area contributed by atoms with E-state index >= 15 is 0 Å². The van der Waals surface area contributed by atoms with E-state index < -0.39 is 6.10 Å². The van der Waals surface area contributed by atoms with Gasteiger partial charge >= 0.3 is 0 Å². The molecule has 4 heteroatoms. The van der Waals surface area contributed by atoms with Crippen LogP contribution in [0, 0.1) is 0 Å². The molecule has 1 atom stereocenters. The van der Waals surface area contributed by atoms with Crippen molar-refractivity contribution in [3.63, 3.8) is 0 Å². The average Bonchev–Trinajstić information content (AvgIpc) is 2.33. The van der Waals surface area contributed by atoms with Crippen LogP contribution >= 0.6 is 0 Å². The predicted octanol–water partition coefficient (Wildman–Crippen LogP) is 2.00. The molecule has 17 heavy (non-hydrogen) atoms. The fourth-order valence-corrected chi connectivity index (χ4v) is 1.52. The van der Waals surface area contributed by atoms with Gasteiger partial charge in [-0.15, -0.1) is 0 Å². The first-order valence-electron chi connectivity index (χ1n) is 5.78. The molecule has 1 unspecified atom stereocenters. The van der Waals surface area contributed by atoms with Crippen LogP contribution in [0.1, 0.15) is 31.4 Å². The highest BCUT2D eigenvalue weighted by Crippen LogP contribution is 2.19. The summed E-state index contributed by atoms with van der Waals surface area (Å²) in [6.45, 7) is 2.73. The first kappa shape index (κ1) is 13.5. The van der Waals surface area contributed by atoms with Crippen LogP contribution in [0.5, 0.6) is 5.75 Å². The highest BCUT2D eigenvalue weighted by atomic mass is 16.5. The van der Waals surface area contributed by atoms with Crippen LogP contribution < -0.4 is 5.32 Å². The van der Waals surface area contributed by atoms with Crippen LogP contribution in [0.3, 0.4) is 0 Å². The van der Waals surface area contributed by atoms with Crippen LogP contribution in [-0.2, 0) is 9.53 Å². The van der Waals surface area contributed by atoms with Gasteiger partial charge in [-0.3, -0.25) is 4.79 Å². The van der Waals surface area contributed by atoms with Crippen molar-refractivity contribution in [2.24, 2.45) is 0 Å². The van der Waals surface area contributed by atoms with Gasteiger partial charge in [0.1, 0.15) is 5.75 Å². The Bertz CT molecular complexity index is 348. The minimum absolute atomic E-state index is 0.147. The second-order valence-corrected chi connectivity index (χ2v) is 3.85. The van der Waals surface area contributed by atoms with Crippen LogP contribution in [0.25, 0.3) is 0 Å². The molecular formula is C13H19NO3. The fourth-order valence-electron chi connectivity index (χ4n) is 1.52. The Kier molecular flexibility index (Phi) is 5.49. The third-order valence-electron chi connectivity index (χ3n) is 2.50. The molecule has 1 rings (SSSR count). The Balaban J connectivity index is 2.64. The van der Waals surface area contributed by atoms with Gasteiger partial charge < -0.3 is 15.2 Å². The molecule has 0 fully saturated rings. The predicted molar refractivity (Wildman–Crippen MR) is 65.8 cm³/mol. The van der Waals surface area contributed by atoms with E-state index in [9.17, 15) is 9.90 Å². The van der Waals surface area contributed by atoms with Crippen LogP contribution in [0.15, 0.2) is 24.3 Å². The van der Waals surface area contributed by atoms with E-state index in [2.05, 4.69) is 12.2 Å². The summed E-state index contributed by atoms with van der Waals surface area (Å²) in [4.78, 5) is 11.8. The summed E-state index contributed by atoms with van der Waals surface area (Å²) < 4.78 is 5.18. The summed E-state index contributed by atoms with van der Waals surface area (Å²) in [5, 5.41) is 12.0. The summed E-state index contributed by atoms with van der Waals surface area (Å²) in [7, 11) is 1.50. The lowest BCUT2D eigenvalue weighted by Gasteiger charge is -2.15. The molecular weight excluding hydrogens is 218 g/mol. The van der Waals surface area contributed by atoms with Gasteiger partial charge in [-0.05, 0) is 24.1 Å². The largest absolute Gasteiger partial charge is 0.508 e. The molecule has 94 valence electrons. The Hall–Kier alpha value is -1.55. The van der Waals surface area contributed by atoms with Crippen LogP contribution in [0.4, 0.5) is 0 Å². The number of hydrogen-bond donors (Lipinski definition) is 2. The van der Waals surface area contributed by atoms with Gasteiger partial charge in [-0.2, -0.15) is 0 Å². The third-order valence-corrected chi connectivity index (χ3v) is 2.50. The first-order chi connectivity index (χ1) is 8.19. The van der Waals surface area contributed by atoms with Gasteiger partial charge in [-0.25, -0.2) is 0 Å². The summed E-state index contributed by atoms with van der Waals surface area (Å²) >= 11 is 0. The minimum atomic E-state index is -0.618. The number of aromatic hydroxyl groups is 1. The number of methoxy groups -OCH3 is 1. The number of phenolic OH excluding ortho intramolecular Hbond substituents is 1. The standard InChI is InChI=1S/C13H19NO3/c1-3-4-9-14-13(16)12(17-2)10-5-7-11(15)8-6-10/h5-8,12,15H,3-4,9H2,1-2H3,(H,14,16).